The summed E-state index contributed by atoms with van der Waals surface area (Å²) in [5.41, 5.74) is 0. The van der Waals surface area contributed by atoms with E-state index >= 15 is 0 Å². The Balaban J connectivity index is 2.66. The first-order valence-electron chi connectivity index (χ1n) is 5.46. The number of rotatable bonds is 5. The van der Waals surface area contributed by atoms with Gasteiger partial charge in [-0.15, -0.1) is 0 Å². The van der Waals surface area contributed by atoms with Crippen LogP contribution in [-0.4, -0.2) is 29.1 Å². The summed E-state index contributed by atoms with van der Waals surface area (Å²) in [6.45, 7) is 2.86. The third-order valence-corrected chi connectivity index (χ3v) is 2.83. The van der Waals surface area contributed by atoms with E-state index in [1.807, 2.05) is 0 Å². The van der Waals surface area contributed by atoms with E-state index in [-0.39, 0.29) is 5.02 Å². The molecule has 1 rings (SSSR count). The number of carboxylic acids is 1. The minimum Gasteiger partial charge on any atom is -0.480 e. The molecule has 0 spiro atoms. The average molecular weight is 306 g/mol. The second-order valence-electron chi connectivity index (χ2n) is 3.90. The molecule has 2 atom stereocenters. The zero-order chi connectivity index (χ0) is 14.6. The molecule has 0 aliphatic rings. The van der Waals surface area contributed by atoms with E-state index in [2.05, 4.69) is 5.32 Å². The Morgan fingerprint density at radius 2 is 1.95 bits per heavy atom. The Labute approximate surface area is 120 Å². The first-order valence-corrected chi connectivity index (χ1v) is 6.21. The number of hydrogen-bond acceptors (Lipinski definition) is 3. The van der Waals surface area contributed by atoms with Crippen LogP contribution in [0.3, 0.4) is 0 Å². The van der Waals surface area contributed by atoms with Crippen LogP contribution < -0.4 is 10.1 Å². The van der Waals surface area contributed by atoms with Gasteiger partial charge in [-0.3, -0.25) is 9.59 Å². The third kappa shape index (κ3) is 4.61. The Bertz CT molecular complexity index is 493. The number of nitrogens with one attached hydrogen (secondary N) is 1. The third-order valence-electron chi connectivity index (χ3n) is 2.30. The zero-order valence-corrected chi connectivity index (χ0v) is 11.8. The highest BCUT2D eigenvalue weighted by Crippen LogP contribution is 2.28. The van der Waals surface area contributed by atoms with Crippen LogP contribution >= 0.6 is 23.2 Å². The molecule has 1 aromatic carbocycles. The highest BCUT2D eigenvalue weighted by Gasteiger charge is 2.20. The van der Waals surface area contributed by atoms with E-state index in [4.69, 9.17) is 33.0 Å². The van der Waals surface area contributed by atoms with Crippen molar-refractivity contribution in [3.05, 3.63) is 28.2 Å². The van der Waals surface area contributed by atoms with Crippen molar-refractivity contribution in [2.24, 2.45) is 0 Å². The molecule has 2 N–H and O–H groups in total. The molecule has 0 saturated carbocycles. The summed E-state index contributed by atoms with van der Waals surface area (Å²) in [6, 6.07) is 3.62. The van der Waals surface area contributed by atoms with Crippen molar-refractivity contribution in [2.75, 3.05) is 0 Å². The largest absolute Gasteiger partial charge is 0.480 e. The molecular weight excluding hydrogens is 293 g/mol. The molecule has 104 valence electrons. The van der Waals surface area contributed by atoms with E-state index in [0.29, 0.717) is 10.8 Å². The van der Waals surface area contributed by atoms with Crippen LogP contribution in [0.15, 0.2) is 18.2 Å². The molecule has 0 radical (unpaired) electrons. The van der Waals surface area contributed by atoms with Crippen molar-refractivity contribution in [2.45, 2.75) is 26.0 Å². The van der Waals surface area contributed by atoms with Gasteiger partial charge in [-0.25, -0.2) is 0 Å². The smallest absolute Gasteiger partial charge is 0.325 e. The Hall–Kier alpha value is -1.46. The summed E-state index contributed by atoms with van der Waals surface area (Å²) in [5, 5.41) is 11.7. The molecular formula is C12H13Cl2NO4. The van der Waals surface area contributed by atoms with E-state index in [0.717, 1.165) is 0 Å². The lowest BCUT2D eigenvalue weighted by Gasteiger charge is -2.17. The fourth-order valence-corrected chi connectivity index (χ4v) is 1.66. The van der Waals surface area contributed by atoms with Gasteiger partial charge in [0.1, 0.15) is 11.8 Å². The number of ether oxygens (including phenoxy) is 1. The maximum absolute atomic E-state index is 11.7. The maximum atomic E-state index is 11.7. The number of benzene rings is 1. The quantitative estimate of drug-likeness (QED) is 0.875. The summed E-state index contributed by atoms with van der Waals surface area (Å²) in [4.78, 5) is 22.3. The van der Waals surface area contributed by atoms with Gasteiger partial charge in [-0.2, -0.15) is 0 Å². The highest BCUT2D eigenvalue weighted by molar-refractivity contribution is 6.35. The van der Waals surface area contributed by atoms with Crippen LogP contribution in [0.1, 0.15) is 13.8 Å². The lowest BCUT2D eigenvalue weighted by molar-refractivity contribution is -0.142. The van der Waals surface area contributed by atoms with Gasteiger partial charge in [0.25, 0.3) is 5.91 Å². The predicted molar refractivity (Wildman–Crippen MR) is 71.8 cm³/mol. The first-order chi connectivity index (χ1) is 8.81. The SMILES string of the molecule is CC(Oc1ccc(Cl)cc1Cl)C(=O)N[C@H](C)C(=O)O. The van der Waals surface area contributed by atoms with Crippen LogP contribution in [0.2, 0.25) is 10.0 Å². The van der Waals surface area contributed by atoms with Crippen molar-refractivity contribution in [3.8, 4) is 5.75 Å². The molecule has 5 nitrogen and oxygen atoms in total. The van der Waals surface area contributed by atoms with Crippen LogP contribution in [0.25, 0.3) is 0 Å². The molecule has 0 aliphatic carbocycles. The van der Waals surface area contributed by atoms with Crippen LogP contribution in [-0.2, 0) is 9.59 Å². The molecule has 0 aliphatic heterocycles. The molecule has 0 bridgehead atoms. The van der Waals surface area contributed by atoms with Gasteiger partial charge < -0.3 is 15.2 Å². The molecule has 1 amide bonds. The van der Waals surface area contributed by atoms with Gasteiger partial charge in [0, 0.05) is 5.02 Å². The predicted octanol–water partition coefficient (Wildman–Crippen LogP) is 2.35. The van der Waals surface area contributed by atoms with E-state index in [1.54, 1.807) is 6.07 Å². The second kappa shape index (κ2) is 6.63. The van der Waals surface area contributed by atoms with Crippen molar-refractivity contribution >= 4 is 35.1 Å². The number of carboxylic acid groups (broad SMARTS) is 1. The fraction of sp³-hybridized carbons (Fsp3) is 0.333. The minimum absolute atomic E-state index is 0.276. The molecule has 1 aromatic rings. The molecule has 19 heavy (non-hydrogen) atoms. The number of aliphatic carboxylic acids is 1. The maximum Gasteiger partial charge on any atom is 0.325 e. The summed E-state index contributed by atoms with van der Waals surface area (Å²) < 4.78 is 5.35. The van der Waals surface area contributed by atoms with Crippen LogP contribution in [0.4, 0.5) is 0 Å². The van der Waals surface area contributed by atoms with Gasteiger partial charge in [-0.1, -0.05) is 23.2 Å². The summed E-state index contributed by atoms with van der Waals surface area (Å²) in [6.07, 6.45) is -0.875. The molecule has 1 unspecified atom stereocenters. The number of amides is 1. The molecule has 0 saturated heterocycles. The van der Waals surface area contributed by atoms with Gasteiger partial charge in [0.05, 0.1) is 5.02 Å². The first kappa shape index (κ1) is 15.6. The number of halogens is 2. The standard InChI is InChI=1S/C12H13Cl2NO4/c1-6(12(17)18)15-11(16)7(2)19-10-4-3-8(13)5-9(10)14/h3-7H,1-2H3,(H,15,16)(H,17,18)/t6-,7?/m1/s1. The van der Waals surface area contributed by atoms with Crippen LogP contribution in [0.5, 0.6) is 5.75 Å². The van der Waals surface area contributed by atoms with Crippen molar-refractivity contribution in [1.29, 1.82) is 0 Å². The van der Waals surface area contributed by atoms with E-state index in [1.165, 1.54) is 26.0 Å². The van der Waals surface area contributed by atoms with Gasteiger partial charge in [0.2, 0.25) is 0 Å². The Morgan fingerprint density at radius 3 is 2.47 bits per heavy atom. The lowest BCUT2D eigenvalue weighted by Crippen LogP contribution is -2.44. The monoisotopic (exact) mass is 305 g/mol. The molecule has 0 heterocycles. The van der Waals surface area contributed by atoms with Crippen LogP contribution in [0, 0.1) is 0 Å². The molecule has 7 heteroatoms. The highest BCUT2D eigenvalue weighted by atomic mass is 35.5. The van der Waals surface area contributed by atoms with Crippen molar-refractivity contribution < 1.29 is 19.4 Å². The fourth-order valence-electron chi connectivity index (χ4n) is 1.21. The summed E-state index contributed by atoms with van der Waals surface area (Å²) in [5.74, 6) is -1.36. The number of hydrogen-bond donors (Lipinski definition) is 2. The number of carbonyl (C=O) groups excluding carboxylic acids is 1. The normalized spacial score (nSPS) is 13.5. The van der Waals surface area contributed by atoms with E-state index < -0.39 is 24.0 Å². The van der Waals surface area contributed by atoms with Crippen molar-refractivity contribution in [3.63, 3.8) is 0 Å². The van der Waals surface area contributed by atoms with Gasteiger partial charge >= 0.3 is 5.97 Å². The average Bonchev–Trinajstić information content (AvgIpc) is 2.32. The topological polar surface area (TPSA) is 75.6 Å². The Kier molecular flexibility index (Phi) is 5.44. The number of carbonyl (C=O) groups is 2. The second-order valence-corrected chi connectivity index (χ2v) is 4.75. The lowest BCUT2D eigenvalue weighted by atomic mass is 10.3. The summed E-state index contributed by atoms with van der Waals surface area (Å²) in [7, 11) is 0. The molecule has 0 aromatic heterocycles. The van der Waals surface area contributed by atoms with Gasteiger partial charge in [0.15, 0.2) is 6.10 Å². The minimum atomic E-state index is -1.12. The van der Waals surface area contributed by atoms with Crippen molar-refractivity contribution in [1.82, 2.24) is 5.32 Å². The summed E-state index contributed by atoms with van der Waals surface area (Å²) >= 11 is 11.6. The molecule has 0 fully saturated rings. The van der Waals surface area contributed by atoms with Gasteiger partial charge in [-0.05, 0) is 32.0 Å². The zero-order valence-electron chi connectivity index (χ0n) is 10.3. The Morgan fingerprint density at radius 1 is 1.32 bits per heavy atom. The van der Waals surface area contributed by atoms with E-state index in [9.17, 15) is 9.59 Å².